The standard InChI is InChI=1S/C12H11F3O4/c13-12(14,15)9-3-1-7(2-4-9)8(5-10(16)17)6-11(18)19/h1-4,8H,5-6H2,(H,16,17)(H,18,19). The highest BCUT2D eigenvalue weighted by Crippen LogP contribution is 2.31. The molecule has 0 fully saturated rings. The Hall–Kier alpha value is -2.05. The molecule has 0 spiro atoms. The second-order valence-electron chi connectivity index (χ2n) is 4.01. The van der Waals surface area contributed by atoms with Crippen LogP contribution in [0.1, 0.15) is 29.9 Å². The third kappa shape index (κ3) is 4.61. The lowest BCUT2D eigenvalue weighted by molar-refractivity contribution is -0.140. The van der Waals surface area contributed by atoms with E-state index < -0.39 is 42.4 Å². The molecule has 0 heterocycles. The molecule has 0 saturated carbocycles. The molecule has 0 unspecified atom stereocenters. The molecule has 0 radical (unpaired) electrons. The Bertz CT molecular complexity index is 449. The Kier molecular flexibility index (Phi) is 4.52. The molecule has 0 bridgehead atoms. The minimum absolute atomic E-state index is 0.262. The fourth-order valence-corrected chi connectivity index (χ4v) is 1.67. The van der Waals surface area contributed by atoms with Gasteiger partial charge in [-0.3, -0.25) is 9.59 Å². The minimum Gasteiger partial charge on any atom is -0.481 e. The van der Waals surface area contributed by atoms with Crippen LogP contribution in [-0.4, -0.2) is 22.2 Å². The molecule has 0 aliphatic rings. The maximum atomic E-state index is 12.4. The summed E-state index contributed by atoms with van der Waals surface area (Å²) in [5, 5.41) is 17.3. The zero-order valence-corrected chi connectivity index (χ0v) is 9.65. The number of carboxylic acid groups (broad SMARTS) is 2. The van der Waals surface area contributed by atoms with E-state index in [1.807, 2.05) is 0 Å². The molecule has 104 valence electrons. The Morgan fingerprint density at radius 1 is 1.00 bits per heavy atom. The van der Waals surface area contributed by atoms with E-state index >= 15 is 0 Å². The van der Waals surface area contributed by atoms with E-state index in [-0.39, 0.29) is 5.56 Å². The van der Waals surface area contributed by atoms with Crippen molar-refractivity contribution < 1.29 is 33.0 Å². The summed E-state index contributed by atoms with van der Waals surface area (Å²) >= 11 is 0. The second-order valence-corrected chi connectivity index (χ2v) is 4.01. The second kappa shape index (κ2) is 5.73. The summed E-state index contributed by atoms with van der Waals surface area (Å²) in [7, 11) is 0. The van der Waals surface area contributed by atoms with E-state index in [1.165, 1.54) is 0 Å². The minimum atomic E-state index is -4.48. The lowest BCUT2D eigenvalue weighted by Crippen LogP contribution is -2.12. The molecular weight excluding hydrogens is 265 g/mol. The molecule has 1 aromatic rings. The van der Waals surface area contributed by atoms with Gasteiger partial charge in [0.1, 0.15) is 0 Å². The normalized spacial score (nSPS) is 11.6. The van der Waals surface area contributed by atoms with Crippen LogP contribution < -0.4 is 0 Å². The maximum Gasteiger partial charge on any atom is 0.416 e. The van der Waals surface area contributed by atoms with Crippen molar-refractivity contribution in [3.63, 3.8) is 0 Å². The third-order valence-corrected chi connectivity index (χ3v) is 2.55. The summed E-state index contributed by atoms with van der Waals surface area (Å²) in [6.07, 6.45) is -5.37. The van der Waals surface area contributed by atoms with Crippen molar-refractivity contribution in [3.05, 3.63) is 35.4 Å². The molecule has 19 heavy (non-hydrogen) atoms. The molecule has 1 aromatic carbocycles. The maximum absolute atomic E-state index is 12.4. The fourth-order valence-electron chi connectivity index (χ4n) is 1.67. The topological polar surface area (TPSA) is 74.6 Å². The Labute approximate surface area is 106 Å². The molecule has 0 amide bonds. The van der Waals surface area contributed by atoms with Gasteiger partial charge in [0.15, 0.2) is 0 Å². The number of rotatable bonds is 5. The Balaban J connectivity index is 2.96. The van der Waals surface area contributed by atoms with Crippen LogP contribution in [0.5, 0.6) is 0 Å². The van der Waals surface area contributed by atoms with Crippen LogP contribution in [0.3, 0.4) is 0 Å². The van der Waals surface area contributed by atoms with Crippen LogP contribution >= 0.6 is 0 Å². The van der Waals surface area contributed by atoms with Crippen LogP contribution in [0.4, 0.5) is 13.2 Å². The molecule has 0 atom stereocenters. The van der Waals surface area contributed by atoms with E-state index in [2.05, 4.69) is 0 Å². The first-order chi connectivity index (χ1) is 8.70. The van der Waals surface area contributed by atoms with Crippen molar-refractivity contribution in [3.8, 4) is 0 Å². The highest BCUT2D eigenvalue weighted by Gasteiger charge is 2.30. The van der Waals surface area contributed by atoms with Gasteiger partial charge in [-0.05, 0) is 17.7 Å². The number of carboxylic acids is 2. The molecule has 7 heteroatoms. The highest BCUT2D eigenvalue weighted by molar-refractivity contribution is 5.72. The summed E-state index contributed by atoms with van der Waals surface area (Å²) in [4.78, 5) is 21.2. The monoisotopic (exact) mass is 276 g/mol. The molecular formula is C12H11F3O4. The molecule has 4 nitrogen and oxygen atoms in total. The van der Waals surface area contributed by atoms with Crippen molar-refractivity contribution in [2.24, 2.45) is 0 Å². The van der Waals surface area contributed by atoms with Crippen molar-refractivity contribution in [1.82, 2.24) is 0 Å². The highest BCUT2D eigenvalue weighted by atomic mass is 19.4. The molecule has 1 rings (SSSR count). The number of alkyl halides is 3. The quantitative estimate of drug-likeness (QED) is 0.867. The van der Waals surface area contributed by atoms with Gasteiger partial charge in [0.2, 0.25) is 0 Å². The first-order valence-electron chi connectivity index (χ1n) is 5.31. The molecule has 2 N–H and O–H groups in total. The molecule has 0 aromatic heterocycles. The zero-order valence-electron chi connectivity index (χ0n) is 9.65. The number of halogens is 3. The van der Waals surface area contributed by atoms with Crippen LogP contribution in [0.2, 0.25) is 0 Å². The predicted octanol–water partition coefficient (Wildman–Crippen LogP) is 2.74. The number of carbonyl (C=O) groups is 2. The summed E-state index contributed by atoms with van der Waals surface area (Å²) in [6.45, 7) is 0. The van der Waals surface area contributed by atoms with Gasteiger partial charge in [0.05, 0.1) is 18.4 Å². The first-order valence-corrected chi connectivity index (χ1v) is 5.31. The van der Waals surface area contributed by atoms with Gasteiger partial charge >= 0.3 is 18.1 Å². The fraction of sp³-hybridized carbons (Fsp3) is 0.333. The van der Waals surface area contributed by atoms with Gasteiger partial charge in [0.25, 0.3) is 0 Å². The van der Waals surface area contributed by atoms with Gasteiger partial charge in [-0.15, -0.1) is 0 Å². The van der Waals surface area contributed by atoms with Gasteiger partial charge in [-0.2, -0.15) is 13.2 Å². The van der Waals surface area contributed by atoms with Crippen molar-refractivity contribution in [2.75, 3.05) is 0 Å². The molecule has 0 aliphatic carbocycles. The smallest absolute Gasteiger partial charge is 0.416 e. The van der Waals surface area contributed by atoms with E-state index in [4.69, 9.17) is 10.2 Å². The average Bonchev–Trinajstić information content (AvgIpc) is 2.26. The number of hydrogen-bond donors (Lipinski definition) is 2. The predicted molar refractivity (Wildman–Crippen MR) is 58.7 cm³/mol. The van der Waals surface area contributed by atoms with E-state index in [9.17, 15) is 22.8 Å². The van der Waals surface area contributed by atoms with Crippen LogP contribution in [0.15, 0.2) is 24.3 Å². The SMILES string of the molecule is O=C(O)CC(CC(=O)O)c1ccc(C(F)(F)F)cc1. The van der Waals surface area contributed by atoms with Gasteiger partial charge in [0, 0.05) is 5.92 Å². The van der Waals surface area contributed by atoms with Crippen LogP contribution in [0, 0.1) is 0 Å². The average molecular weight is 276 g/mol. The summed E-state index contributed by atoms with van der Waals surface area (Å²) in [5.74, 6) is -3.26. The Morgan fingerprint density at radius 2 is 1.42 bits per heavy atom. The van der Waals surface area contributed by atoms with Gasteiger partial charge in [-0.25, -0.2) is 0 Å². The number of hydrogen-bond acceptors (Lipinski definition) is 2. The van der Waals surface area contributed by atoms with Crippen molar-refractivity contribution in [1.29, 1.82) is 0 Å². The van der Waals surface area contributed by atoms with E-state index in [0.717, 1.165) is 24.3 Å². The summed E-state index contributed by atoms with van der Waals surface area (Å²) in [5.41, 5.74) is -0.599. The van der Waals surface area contributed by atoms with Crippen molar-refractivity contribution >= 4 is 11.9 Å². The number of aliphatic carboxylic acids is 2. The van der Waals surface area contributed by atoms with Gasteiger partial charge in [-0.1, -0.05) is 12.1 Å². The summed E-state index contributed by atoms with van der Waals surface area (Å²) in [6, 6.07) is 3.84. The Morgan fingerprint density at radius 3 is 1.74 bits per heavy atom. The molecule has 0 aliphatic heterocycles. The zero-order chi connectivity index (χ0) is 14.6. The lowest BCUT2D eigenvalue weighted by atomic mass is 9.92. The van der Waals surface area contributed by atoms with Crippen molar-refractivity contribution in [2.45, 2.75) is 24.9 Å². The first kappa shape index (κ1) is 15.0. The lowest BCUT2D eigenvalue weighted by Gasteiger charge is -2.14. The van der Waals surface area contributed by atoms with Crippen LogP contribution in [-0.2, 0) is 15.8 Å². The third-order valence-electron chi connectivity index (χ3n) is 2.55. The van der Waals surface area contributed by atoms with E-state index in [1.54, 1.807) is 0 Å². The summed E-state index contributed by atoms with van der Waals surface area (Å²) < 4.78 is 37.1. The van der Waals surface area contributed by atoms with E-state index in [0.29, 0.717) is 0 Å². The number of benzene rings is 1. The largest absolute Gasteiger partial charge is 0.481 e. The van der Waals surface area contributed by atoms with Crippen LogP contribution in [0.25, 0.3) is 0 Å². The molecule has 0 saturated heterocycles. The van der Waals surface area contributed by atoms with Gasteiger partial charge < -0.3 is 10.2 Å².